The average Bonchev–Trinajstić information content (AvgIpc) is 2.48. The molecule has 0 radical (unpaired) electrons. The van der Waals surface area contributed by atoms with Gasteiger partial charge in [-0.15, -0.1) is 0 Å². The zero-order valence-corrected chi connectivity index (χ0v) is 12.5. The summed E-state index contributed by atoms with van der Waals surface area (Å²) in [4.78, 5) is 12.7. The molecule has 0 atom stereocenters. The number of hydrogen-bond donors (Lipinski definition) is 1. The summed E-state index contributed by atoms with van der Waals surface area (Å²) in [6, 6.07) is 3.81. The highest BCUT2D eigenvalue weighted by Gasteiger charge is 2.08. The molecule has 0 aliphatic rings. The summed E-state index contributed by atoms with van der Waals surface area (Å²) in [5.41, 5.74) is 1.91. The molecule has 0 aromatic carbocycles. The van der Waals surface area contributed by atoms with Gasteiger partial charge in [0.25, 0.3) is 0 Å². The van der Waals surface area contributed by atoms with Crippen molar-refractivity contribution in [1.29, 1.82) is 0 Å². The number of ether oxygens (including phenoxy) is 1. The summed E-state index contributed by atoms with van der Waals surface area (Å²) in [5, 5.41) is 3.77. The minimum atomic E-state index is 0.492. The molecule has 1 N–H and O–H groups in total. The van der Waals surface area contributed by atoms with E-state index in [0.29, 0.717) is 17.6 Å². The Bertz CT molecular complexity index is 604. The van der Waals surface area contributed by atoms with E-state index < -0.39 is 0 Å². The Kier molecular flexibility index (Phi) is 4.74. The average molecular weight is 293 g/mol. The third-order valence-corrected chi connectivity index (χ3v) is 3.29. The summed E-state index contributed by atoms with van der Waals surface area (Å²) in [6.45, 7) is 4.52. The lowest BCUT2D eigenvalue weighted by molar-refractivity contribution is 0.397. The second-order valence-corrected chi connectivity index (χ2v) is 4.68. The minimum absolute atomic E-state index is 0.492. The SMILES string of the molecule is CCc1nc(Cl)c(C)c(NCc2ccnc(OC)c2)n1. The Balaban J connectivity index is 2.15. The molecule has 0 unspecified atom stereocenters. The van der Waals surface area contributed by atoms with E-state index in [4.69, 9.17) is 16.3 Å². The molecule has 0 aliphatic heterocycles. The van der Waals surface area contributed by atoms with Gasteiger partial charge >= 0.3 is 0 Å². The molecule has 20 heavy (non-hydrogen) atoms. The van der Waals surface area contributed by atoms with Crippen LogP contribution in [0.2, 0.25) is 5.15 Å². The van der Waals surface area contributed by atoms with E-state index in [-0.39, 0.29) is 0 Å². The topological polar surface area (TPSA) is 59.9 Å². The first kappa shape index (κ1) is 14.5. The summed E-state index contributed by atoms with van der Waals surface area (Å²) in [7, 11) is 1.60. The van der Waals surface area contributed by atoms with Crippen LogP contribution in [0.4, 0.5) is 5.82 Å². The maximum Gasteiger partial charge on any atom is 0.213 e. The lowest BCUT2D eigenvalue weighted by atomic mass is 10.2. The highest BCUT2D eigenvalue weighted by atomic mass is 35.5. The maximum absolute atomic E-state index is 6.11. The number of anilines is 1. The zero-order chi connectivity index (χ0) is 14.5. The van der Waals surface area contributed by atoms with E-state index in [1.807, 2.05) is 26.0 Å². The molecule has 2 heterocycles. The Morgan fingerprint density at radius 1 is 1.35 bits per heavy atom. The van der Waals surface area contributed by atoms with Gasteiger partial charge in [-0.1, -0.05) is 18.5 Å². The first-order valence-electron chi connectivity index (χ1n) is 6.39. The van der Waals surface area contributed by atoms with Crippen molar-refractivity contribution in [1.82, 2.24) is 15.0 Å². The molecular weight excluding hydrogens is 276 g/mol. The van der Waals surface area contributed by atoms with Gasteiger partial charge in [0.1, 0.15) is 16.8 Å². The zero-order valence-electron chi connectivity index (χ0n) is 11.8. The normalized spacial score (nSPS) is 10.4. The number of aromatic nitrogens is 3. The van der Waals surface area contributed by atoms with Crippen molar-refractivity contribution >= 4 is 17.4 Å². The molecule has 2 aromatic rings. The number of nitrogens with one attached hydrogen (secondary N) is 1. The molecule has 0 saturated heterocycles. The van der Waals surface area contributed by atoms with Crippen molar-refractivity contribution in [3.8, 4) is 5.88 Å². The molecule has 2 aromatic heterocycles. The molecule has 0 fully saturated rings. The monoisotopic (exact) mass is 292 g/mol. The van der Waals surface area contributed by atoms with Gasteiger partial charge in [-0.3, -0.25) is 0 Å². The molecular formula is C14H17ClN4O. The third kappa shape index (κ3) is 3.36. The van der Waals surface area contributed by atoms with Crippen LogP contribution in [0.15, 0.2) is 18.3 Å². The fourth-order valence-corrected chi connectivity index (χ4v) is 1.91. The highest BCUT2D eigenvalue weighted by Crippen LogP contribution is 2.21. The molecule has 0 amide bonds. The van der Waals surface area contributed by atoms with Crippen LogP contribution in [0.5, 0.6) is 5.88 Å². The largest absolute Gasteiger partial charge is 0.481 e. The van der Waals surface area contributed by atoms with Gasteiger partial charge in [-0.05, 0) is 18.6 Å². The van der Waals surface area contributed by atoms with Gasteiger partial charge < -0.3 is 10.1 Å². The fourth-order valence-electron chi connectivity index (χ4n) is 1.72. The van der Waals surface area contributed by atoms with E-state index in [1.165, 1.54) is 0 Å². The Hall–Kier alpha value is -1.88. The number of nitrogens with zero attached hydrogens (tertiary/aromatic N) is 3. The molecule has 0 spiro atoms. The number of aryl methyl sites for hydroxylation is 1. The first-order valence-corrected chi connectivity index (χ1v) is 6.77. The highest BCUT2D eigenvalue weighted by molar-refractivity contribution is 6.30. The fraction of sp³-hybridized carbons (Fsp3) is 0.357. The van der Waals surface area contributed by atoms with Crippen LogP contribution in [0.3, 0.4) is 0 Å². The molecule has 106 valence electrons. The predicted octanol–water partition coefficient (Wildman–Crippen LogP) is 3.02. The Morgan fingerprint density at radius 2 is 2.15 bits per heavy atom. The third-order valence-electron chi connectivity index (χ3n) is 2.92. The lowest BCUT2D eigenvalue weighted by Gasteiger charge is -2.11. The van der Waals surface area contributed by atoms with Crippen LogP contribution >= 0.6 is 11.6 Å². The quantitative estimate of drug-likeness (QED) is 0.859. The molecule has 0 bridgehead atoms. The van der Waals surface area contributed by atoms with Gasteiger partial charge in [0.05, 0.1) is 7.11 Å². The lowest BCUT2D eigenvalue weighted by Crippen LogP contribution is -2.07. The molecule has 0 aliphatic carbocycles. The number of methoxy groups -OCH3 is 1. The van der Waals surface area contributed by atoms with E-state index in [2.05, 4.69) is 20.3 Å². The van der Waals surface area contributed by atoms with E-state index in [0.717, 1.165) is 29.2 Å². The second-order valence-electron chi connectivity index (χ2n) is 4.32. The Morgan fingerprint density at radius 3 is 2.85 bits per heavy atom. The number of halogens is 1. The van der Waals surface area contributed by atoms with Crippen LogP contribution in [-0.2, 0) is 13.0 Å². The molecule has 2 rings (SSSR count). The standard InChI is InChI=1S/C14H17ClN4O/c1-4-11-18-13(15)9(2)14(19-11)17-8-10-5-6-16-12(7-10)20-3/h5-7H,4,8H2,1-3H3,(H,17,18,19). The van der Waals surface area contributed by atoms with Crippen molar-refractivity contribution in [3.05, 3.63) is 40.4 Å². The van der Waals surface area contributed by atoms with Crippen molar-refractivity contribution in [2.75, 3.05) is 12.4 Å². The van der Waals surface area contributed by atoms with Crippen LogP contribution < -0.4 is 10.1 Å². The minimum Gasteiger partial charge on any atom is -0.481 e. The summed E-state index contributed by atoms with van der Waals surface area (Å²) in [5.74, 6) is 2.09. The summed E-state index contributed by atoms with van der Waals surface area (Å²) >= 11 is 6.11. The van der Waals surface area contributed by atoms with Gasteiger partial charge in [0.2, 0.25) is 5.88 Å². The van der Waals surface area contributed by atoms with Gasteiger partial charge in [-0.25, -0.2) is 15.0 Å². The van der Waals surface area contributed by atoms with E-state index in [1.54, 1.807) is 13.3 Å². The number of hydrogen-bond acceptors (Lipinski definition) is 5. The summed E-state index contributed by atoms with van der Waals surface area (Å²) < 4.78 is 5.10. The van der Waals surface area contributed by atoms with Crippen molar-refractivity contribution < 1.29 is 4.74 Å². The van der Waals surface area contributed by atoms with Crippen molar-refractivity contribution in [2.24, 2.45) is 0 Å². The Labute approximate surface area is 123 Å². The maximum atomic E-state index is 6.11. The van der Waals surface area contributed by atoms with Crippen molar-refractivity contribution in [2.45, 2.75) is 26.8 Å². The van der Waals surface area contributed by atoms with Crippen molar-refractivity contribution in [3.63, 3.8) is 0 Å². The molecule has 5 nitrogen and oxygen atoms in total. The molecule has 6 heteroatoms. The van der Waals surface area contributed by atoms with E-state index >= 15 is 0 Å². The van der Waals surface area contributed by atoms with Gasteiger partial charge in [0.15, 0.2) is 0 Å². The van der Waals surface area contributed by atoms with Crippen LogP contribution in [0.1, 0.15) is 23.9 Å². The van der Waals surface area contributed by atoms with Gasteiger partial charge in [0, 0.05) is 30.8 Å². The summed E-state index contributed by atoms with van der Waals surface area (Å²) in [6.07, 6.45) is 2.46. The smallest absolute Gasteiger partial charge is 0.213 e. The van der Waals surface area contributed by atoms with Crippen LogP contribution in [0, 0.1) is 6.92 Å². The van der Waals surface area contributed by atoms with Crippen LogP contribution in [0.25, 0.3) is 0 Å². The van der Waals surface area contributed by atoms with E-state index in [9.17, 15) is 0 Å². The number of pyridine rings is 1. The first-order chi connectivity index (χ1) is 9.63. The predicted molar refractivity (Wildman–Crippen MR) is 79.3 cm³/mol. The van der Waals surface area contributed by atoms with Crippen LogP contribution in [-0.4, -0.2) is 22.1 Å². The molecule has 0 saturated carbocycles. The number of rotatable bonds is 5. The second kappa shape index (κ2) is 6.52. The van der Waals surface area contributed by atoms with Gasteiger partial charge in [-0.2, -0.15) is 0 Å².